The van der Waals surface area contributed by atoms with Crippen LogP contribution < -0.4 is 5.32 Å². The van der Waals surface area contributed by atoms with E-state index in [4.69, 9.17) is 11.6 Å². The average Bonchev–Trinajstić information content (AvgIpc) is 2.85. The molecule has 0 atom stereocenters. The molecule has 0 heterocycles. The summed E-state index contributed by atoms with van der Waals surface area (Å²) in [5.74, 6) is 0.711. The molecule has 1 aliphatic rings. The van der Waals surface area contributed by atoms with Crippen molar-refractivity contribution in [2.45, 2.75) is 32.1 Å². The molecule has 0 bridgehead atoms. The maximum atomic E-state index is 12.0. The highest BCUT2D eigenvalue weighted by atomic mass is 79.9. The molecule has 1 aromatic carbocycles. The second kappa shape index (κ2) is 6.58. The summed E-state index contributed by atoms with van der Waals surface area (Å²) in [6.45, 7) is 0.742. The number of halogens is 2. The minimum atomic E-state index is -0.0840. The van der Waals surface area contributed by atoms with E-state index in [1.54, 1.807) is 6.07 Å². The summed E-state index contributed by atoms with van der Waals surface area (Å²) in [5.41, 5.74) is 0.539. The Hall–Kier alpha value is -0.540. The van der Waals surface area contributed by atoms with E-state index in [-0.39, 0.29) is 5.91 Å². The first kappa shape index (κ1) is 13.9. The van der Waals surface area contributed by atoms with E-state index < -0.39 is 0 Å². The third-order valence-electron chi connectivity index (χ3n) is 3.51. The van der Waals surface area contributed by atoms with Gasteiger partial charge in [-0.3, -0.25) is 4.79 Å². The van der Waals surface area contributed by atoms with Gasteiger partial charge in [0, 0.05) is 11.0 Å². The summed E-state index contributed by atoms with van der Waals surface area (Å²) in [5, 5.41) is 3.43. The van der Waals surface area contributed by atoms with Gasteiger partial charge in [-0.25, -0.2) is 0 Å². The molecule has 2 nitrogen and oxygen atoms in total. The molecule has 1 saturated carbocycles. The topological polar surface area (TPSA) is 29.1 Å². The first-order valence-corrected chi connectivity index (χ1v) is 7.58. The summed E-state index contributed by atoms with van der Waals surface area (Å²) in [4.78, 5) is 12.0. The molecule has 1 fully saturated rings. The van der Waals surface area contributed by atoms with Gasteiger partial charge in [-0.2, -0.15) is 0 Å². The lowest BCUT2D eigenvalue weighted by atomic mass is 10.0. The van der Waals surface area contributed by atoms with Crippen LogP contribution in [0.5, 0.6) is 0 Å². The van der Waals surface area contributed by atoms with Gasteiger partial charge in [0.15, 0.2) is 0 Å². The van der Waals surface area contributed by atoms with Gasteiger partial charge in [-0.1, -0.05) is 43.4 Å². The molecule has 1 aromatic rings. The number of amides is 1. The molecule has 1 aliphatic carbocycles. The van der Waals surface area contributed by atoms with Crippen LogP contribution in [0.2, 0.25) is 5.02 Å². The standard InChI is InChI=1S/C14H17BrClNO/c15-12-7-3-6-11(13(12)16)14(18)17-9-8-10-4-1-2-5-10/h3,6-7,10H,1-2,4-5,8-9H2,(H,17,18). The lowest BCUT2D eigenvalue weighted by Crippen LogP contribution is -2.25. The summed E-state index contributed by atoms with van der Waals surface area (Å²) in [6, 6.07) is 5.40. The maximum Gasteiger partial charge on any atom is 0.252 e. The minimum absolute atomic E-state index is 0.0840. The lowest BCUT2D eigenvalue weighted by molar-refractivity contribution is 0.0951. The van der Waals surface area contributed by atoms with E-state index in [0.717, 1.165) is 23.4 Å². The fraction of sp³-hybridized carbons (Fsp3) is 0.500. The molecular formula is C14H17BrClNO. The van der Waals surface area contributed by atoms with Crippen LogP contribution in [0.3, 0.4) is 0 Å². The Morgan fingerprint density at radius 1 is 1.39 bits per heavy atom. The Morgan fingerprint density at radius 3 is 2.83 bits per heavy atom. The summed E-state index contributed by atoms with van der Waals surface area (Å²) >= 11 is 9.41. The number of carbonyl (C=O) groups is 1. The van der Waals surface area contributed by atoms with Crippen molar-refractivity contribution in [3.8, 4) is 0 Å². The van der Waals surface area contributed by atoms with Gasteiger partial charge >= 0.3 is 0 Å². The van der Waals surface area contributed by atoms with Crippen LogP contribution in [0.25, 0.3) is 0 Å². The predicted octanol–water partition coefficient (Wildman–Crippen LogP) is 4.41. The van der Waals surface area contributed by atoms with Crippen molar-refractivity contribution in [1.29, 1.82) is 0 Å². The van der Waals surface area contributed by atoms with Gasteiger partial charge in [-0.15, -0.1) is 0 Å². The zero-order valence-electron chi connectivity index (χ0n) is 10.2. The molecule has 0 spiro atoms. The van der Waals surface area contributed by atoms with E-state index in [9.17, 15) is 4.79 Å². The average molecular weight is 331 g/mol. The number of nitrogens with one attached hydrogen (secondary N) is 1. The molecule has 0 aromatic heterocycles. The molecule has 18 heavy (non-hydrogen) atoms. The minimum Gasteiger partial charge on any atom is -0.352 e. The van der Waals surface area contributed by atoms with Crippen LogP contribution in [0.4, 0.5) is 0 Å². The molecule has 98 valence electrons. The highest BCUT2D eigenvalue weighted by Crippen LogP contribution is 2.27. The van der Waals surface area contributed by atoms with Crippen molar-refractivity contribution in [2.24, 2.45) is 5.92 Å². The number of carbonyl (C=O) groups excluding carboxylic acids is 1. The van der Waals surface area contributed by atoms with E-state index in [2.05, 4.69) is 21.2 Å². The van der Waals surface area contributed by atoms with Gasteiger partial charge in [0.05, 0.1) is 10.6 Å². The third-order valence-corrected chi connectivity index (χ3v) is 4.81. The third kappa shape index (κ3) is 3.48. The molecule has 4 heteroatoms. The summed E-state index contributed by atoms with van der Waals surface area (Å²) < 4.78 is 0.757. The molecule has 0 saturated heterocycles. The van der Waals surface area contributed by atoms with Crippen molar-refractivity contribution in [2.75, 3.05) is 6.54 Å². The molecule has 0 aliphatic heterocycles. The van der Waals surface area contributed by atoms with Crippen LogP contribution in [-0.4, -0.2) is 12.5 Å². The number of hydrogen-bond donors (Lipinski definition) is 1. The van der Waals surface area contributed by atoms with E-state index in [0.29, 0.717) is 10.6 Å². The second-order valence-electron chi connectivity index (χ2n) is 4.80. The highest BCUT2D eigenvalue weighted by Gasteiger charge is 2.16. The normalized spacial score (nSPS) is 15.9. The smallest absolute Gasteiger partial charge is 0.252 e. The van der Waals surface area contributed by atoms with Crippen molar-refractivity contribution >= 4 is 33.4 Å². The Bertz CT molecular complexity index is 430. The van der Waals surface area contributed by atoms with Gasteiger partial charge in [0.1, 0.15) is 0 Å². The molecule has 1 amide bonds. The zero-order valence-corrected chi connectivity index (χ0v) is 12.6. The van der Waals surface area contributed by atoms with Crippen LogP contribution in [-0.2, 0) is 0 Å². The first-order chi connectivity index (χ1) is 8.68. The predicted molar refractivity (Wildman–Crippen MR) is 78.1 cm³/mol. The van der Waals surface area contributed by atoms with Crippen LogP contribution >= 0.6 is 27.5 Å². The highest BCUT2D eigenvalue weighted by molar-refractivity contribution is 9.10. The molecule has 0 unspecified atom stereocenters. The first-order valence-electron chi connectivity index (χ1n) is 6.40. The van der Waals surface area contributed by atoms with Crippen molar-refractivity contribution in [3.05, 3.63) is 33.3 Å². The van der Waals surface area contributed by atoms with Crippen LogP contribution in [0, 0.1) is 5.92 Å². The van der Waals surface area contributed by atoms with Crippen LogP contribution in [0.1, 0.15) is 42.5 Å². The molecule has 0 radical (unpaired) electrons. The van der Waals surface area contributed by atoms with Gasteiger partial charge in [0.25, 0.3) is 5.91 Å². The monoisotopic (exact) mass is 329 g/mol. The molecule has 2 rings (SSSR count). The van der Waals surface area contributed by atoms with Crippen molar-refractivity contribution in [1.82, 2.24) is 5.32 Å². The summed E-state index contributed by atoms with van der Waals surface area (Å²) in [7, 11) is 0. The maximum absolute atomic E-state index is 12.0. The van der Waals surface area contributed by atoms with Gasteiger partial charge in [-0.05, 0) is 40.4 Å². The number of rotatable bonds is 4. The Labute approximate surface area is 121 Å². The molecule has 1 N–H and O–H groups in total. The number of hydrogen-bond acceptors (Lipinski definition) is 1. The van der Waals surface area contributed by atoms with Crippen molar-refractivity contribution in [3.63, 3.8) is 0 Å². The Balaban J connectivity index is 1.85. The van der Waals surface area contributed by atoms with Gasteiger partial charge in [0.2, 0.25) is 0 Å². The fourth-order valence-corrected chi connectivity index (χ4v) is 3.04. The fourth-order valence-electron chi connectivity index (χ4n) is 2.46. The lowest BCUT2D eigenvalue weighted by Gasteiger charge is -2.11. The SMILES string of the molecule is O=C(NCCC1CCCC1)c1cccc(Br)c1Cl. The molecular weight excluding hydrogens is 314 g/mol. The van der Waals surface area contributed by atoms with Crippen molar-refractivity contribution < 1.29 is 4.79 Å². The van der Waals surface area contributed by atoms with E-state index >= 15 is 0 Å². The number of benzene rings is 1. The van der Waals surface area contributed by atoms with E-state index in [1.165, 1.54) is 25.7 Å². The Kier molecular flexibility index (Phi) is 5.07. The van der Waals surface area contributed by atoms with E-state index in [1.807, 2.05) is 12.1 Å². The summed E-state index contributed by atoms with van der Waals surface area (Å²) in [6.07, 6.45) is 6.39. The Morgan fingerprint density at radius 2 is 2.11 bits per heavy atom. The quantitative estimate of drug-likeness (QED) is 0.870. The largest absolute Gasteiger partial charge is 0.352 e. The zero-order chi connectivity index (χ0) is 13.0. The second-order valence-corrected chi connectivity index (χ2v) is 6.03. The van der Waals surface area contributed by atoms with Crippen LogP contribution in [0.15, 0.2) is 22.7 Å². The van der Waals surface area contributed by atoms with Gasteiger partial charge < -0.3 is 5.32 Å².